The number of rotatable bonds is 5. The van der Waals surface area contributed by atoms with Crippen molar-refractivity contribution in [3.8, 4) is 0 Å². The van der Waals surface area contributed by atoms with E-state index in [1.165, 1.54) is 6.42 Å². The van der Waals surface area contributed by atoms with Crippen LogP contribution in [0.5, 0.6) is 0 Å². The zero-order chi connectivity index (χ0) is 14.4. The first kappa shape index (κ1) is 15.8. The SMILES string of the molecule is CCCC(C(=O)NC1CCCC(C)C1C)C(N)=NO. The molecule has 0 aliphatic heterocycles. The van der Waals surface area contributed by atoms with E-state index >= 15 is 0 Å². The van der Waals surface area contributed by atoms with Crippen LogP contribution >= 0.6 is 0 Å². The lowest BCUT2D eigenvalue weighted by Crippen LogP contribution is -2.48. The normalized spacial score (nSPS) is 29.8. The van der Waals surface area contributed by atoms with Crippen LogP contribution in [0, 0.1) is 17.8 Å². The molecule has 1 aliphatic rings. The molecule has 0 bridgehead atoms. The van der Waals surface area contributed by atoms with Crippen LogP contribution in [-0.2, 0) is 4.79 Å². The molecule has 19 heavy (non-hydrogen) atoms. The molecule has 4 unspecified atom stereocenters. The van der Waals surface area contributed by atoms with Gasteiger partial charge in [-0.05, 0) is 24.7 Å². The van der Waals surface area contributed by atoms with Gasteiger partial charge in [0.2, 0.25) is 5.91 Å². The number of amides is 1. The minimum atomic E-state index is -0.514. The average molecular weight is 269 g/mol. The van der Waals surface area contributed by atoms with Crippen LogP contribution in [-0.4, -0.2) is 23.0 Å². The molecule has 4 atom stereocenters. The van der Waals surface area contributed by atoms with Crippen molar-refractivity contribution < 1.29 is 10.0 Å². The molecule has 110 valence electrons. The quantitative estimate of drug-likeness (QED) is 0.309. The summed E-state index contributed by atoms with van der Waals surface area (Å²) in [5.74, 6) is 0.498. The first-order valence-corrected chi connectivity index (χ1v) is 7.29. The Morgan fingerprint density at radius 1 is 1.47 bits per heavy atom. The summed E-state index contributed by atoms with van der Waals surface area (Å²) in [6, 6.07) is 0.210. The fourth-order valence-electron chi connectivity index (χ4n) is 2.84. The highest BCUT2D eigenvalue weighted by atomic mass is 16.4. The van der Waals surface area contributed by atoms with Gasteiger partial charge in [0, 0.05) is 6.04 Å². The molecular formula is C14H27N3O2. The summed E-state index contributed by atoms with van der Waals surface area (Å²) in [5, 5.41) is 14.8. The second kappa shape index (κ2) is 7.36. The van der Waals surface area contributed by atoms with Crippen molar-refractivity contribution in [3.63, 3.8) is 0 Å². The number of carbonyl (C=O) groups excluding carboxylic acids is 1. The number of nitrogens with zero attached hydrogens (tertiary/aromatic N) is 1. The first-order chi connectivity index (χ1) is 9.01. The molecular weight excluding hydrogens is 242 g/mol. The number of oxime groups is 1. The third kappa shape index (κ3) is 4.11. The molecule has 1 aliphatic carbocycles. The second-order valence-corrected chi connectivity index (χ2v) is 5.75. The zero-order valence-corrected chi connectivity index (χ0v) is 12.2. The van der Waals surface area contributed by atoms with Crippen molar-refractivity contribution in [1.82, 2.24) is 5.32 Å². The summed E-state index contributed by atoms with van der Waals surface area (Å²) in [4.78, 5) is 12.3. The lowest BCUT2D eigenvalue weighted by Gasteiger charge is -2.35. The maximum Gasteiger partial charge on any atom is 0.231 e. The molecule has 5 nitrogen and oxygen atoms in total. The molecule has 1 saturated carbocycles. The minimum Gasteiger partial charge on any atom is -0.409 e. The third-order valence-electron chi connectivity index (χ3n) is 4.40. The van der Waals surface area contributed by atoms with Gasteiger partial charge < -0.3 is 16.3 Å². The van der Waals surface area contributed by atoms with E-state index in [9.17, 15) is 4.79 Å². The van der Waals surface area contributed by atoms with E-state index in [4.69, 9.17) is 10.9 Å². The van der Waals surface area contributed by atoms with Crippen LogP contribution in [0.3, 0.4) is 0 Å². The molecule has 0 aromatic carbocycles. The van der Waals surface area contributed by atoms with Crippen LogP contribution < -0.4 is 11.1 Å². The Morgan fingerprint density at radius 2 is 2.16 bits per heavy atom. The van der Waals surface area contributed by atoms with E-state index in [1.54, 1.807) is 0 Å². The number of nitrogens with two attached hydrogens (primary N) is 1. The molecule has 0 heterocycles. The Bertz CT molecular complexity index is 331. The average Bonchev–Trinajstić information content (AvgIpc) is 2.40. The van der Waals surface area contributed by atoms with E-state index in [-0.39, 0.29) is 17.8 Å². The van der Waals surface area contributed by atoms with Gasteiger partial charge in [0.15, 0.2) is 5.84 Å². The van der Waals surface area contributed by atoms with Gasteiger partial charge >= 0.3 is 0 Å². The highest BCUT2D eigenvalue weighted by Gasteiger charge is 2.31. The molecule has 5 heteroatoms. The lowest BCUT2D eigenvalue weighted by atomic mass is 9.78. The molecule has 1 amide bonds. The standard InChI is InChI=1S/C14H27N3O2/c1-4-6-11(13(15)17-19)14(18)16-12-8-5-7-9(2)10(12)3/h9-12,19H,4-8H2,1-3H3,(H2,15,17)(H,16,18). The van der Waals surface area contributed by atoms with Crippen molar-refractivity contribution in [2.45, 2.75) is 58.9 Å². The van der Waals surface area contributed by atoms with Gasteiger partial charge in [-0.25, -0.2) is 0 Å². The van der Waals surface area contributed by atoms with Gasteiger partial charge in [0.1, 0.15) is 0 Å². The van der Waals surface area contributed by atoms with Gasteiger partial charge in [-0.15, -0.1) is 0 Å². The van der Waals surface area contributed by atoms with Gasteiger partial charge in [0.25, 0.3) is 0 Å². The zero-order valence-electron chi connectivity index (χ0n) is 12.2. The van der Waals surface area contributed by atoms with E-state index in [0.717, 1.165) is 19.3 Å². The molecule has 0 aromatic rings. The Hall–Kier alpha value is -1.26. The Kier molecular flexibility index (Phi) is 6.12. The smallest absolute Gasteiger partial charge is 0.231 e. The fourth-order valence-corrected chi connectivity index (χ4v) is 2.84. The summed E-state index contributed by atoms with van der Waals surface area (Å²) in [7, 11) is 0. The predicted molar refractivity (Wildman–Crippen MR) is 75.9 cm³/mol. The summed E-state index contributed by atoms with van der Waals surface area (Å²) in [6.07, 6.45) is 4.83. The molecule has 4 N–H and O–H groups in total. The summed E-state index contributed by atoms with van der Waals surface area (Å²) >= 11 is 0. The lowest BCUT2D eigenvalue weighted by molar-refractivity contribution is -0.124. The second-order valence-electron chi connectivity index (χ2n) is 5.75. The van der Waals surface area contributed by atoms with Gasteiger partial charge in [0.05, 0.1) is 5.92 Å². The van der Waals surface area contributed by atoms with Gasteiger partial charge in [-0.1, -0.05) is 45.2 Å². The van der Waals surface area contributed by atoms with E-state index in [2.05, 4.69) is 24.3 Å². The summed E-state index contributed by atoms with van der Waals surface area (Å²) in [6.45, 7) is 6.40. The van der Waals surface area contributed by atoms with Crippen LogP contribution in [0.25, 0.3) is 0 Å². The molecule has 0 saturated heterocycles. The van der Waals surface area contributed by atoms with E-state index in [1.807, 2.05) is 6.92 Å². The third-order valence-corrected chi connectivity index (χ3v) is 4.40. The topological polar surface area (TPSA) is 87.7 Å². The van der Waals surface area contributed by atoms with Crippen molar-refractivity contribution in [2.24, 2.45) is 28.6 Å². The van der Waals surface area contributed by atoms with E-state index < -0.39 is 5.92 Å². The number of hydrogen-bond acceptors (Lipinski definition) is 3. The molecule has 1 fully saturated rings. The predicted octanol–water partition coefficient (Wildman–Crippen LogP) is 2.09. The summed E-state index contributed by atoms with van der Waals surface area (Å²) < 4.78 is 0. The van der Waals surface area contributed by atoms with Gasteiger partial charge in [-0.2, -0.15) is 0 Å². The van der Waals surface area contributed by atoms with Gasteiger partial charge in [-0.3, -0.25) is 4.79 Å². The molecule has 0 aromatic heterocycles. The Morgan fingerprint density at radius 3 is 2.74 bits per heavy atom. The molecule has 0 spiro atoms. The number of carbonyl (C=O) groups is 1. The maximum absolute atomic E-state index is 12.3. The number of amidine groups is 1. The van der Waals surface area contributed by atoms with Crippen LogP contribution in [0.4, 0.5) is 0 Å². The molecule has 1 rings (SSSR count). The fraction of sp³-hybridized carbons (Fsp3) is 0.857. The Labute approximate surface area is 115 Å². The van der Waals surface area contributed by atoms with Crippen molar-refractivity contribution in [3.05, 3.63) is 0 Å². The first-order valence-electron chi connectivity index (χ1n) is 7.29. The maximum atomic E-state index is 12.3. The van der Waals surface area contributed by atoms with E-state index in [0.29, 0.717) is 18.3 Å². The largest absolute Gasteiger partial charge is 0.409 e. The molecule has 0 radical (unpaired) electrons. The van der Waals surface area contributed by atoms with Crippen LogP contribution in [0.15, 0.2) is 5.16 Å². The number of hydrogen-bond donors (Lipinski definition) is 3. The highest BCUT2D eigenvalue weighted by molar-refractivity contribution is 6.02. The monoisotopic (exact) mass is 269 g/mol. The van der Waals surface area contributed by atoms with Crippen molar-refractivity contribution >= 4 is 11.7 Å². The van der Waals surface area contributed by atoms with Crippen LogP contribution in [0.1, 0.15) is 52.9 Å². The summed E-state index contributed by atoms with van der Waals surface area (Å²) in [5.41, 5.74) is 5.61. The van der Waals surface area contributed by atoms with Crippen molar-refractivity contribution in [1.29, 1.82) is 0 Å². The Balaban J connectivity index is 2.65. The highest BCUT2D eigenvalue weighted by Crippen LogP contribution is 2.29. The number of nitrogens with one attached hydrogen (secondary N) is 1. The van der Waals surface area contributed by atoms with Crippen molar-refractivity contribution in [2.75, 3.05) is 0 Å². The minimum absolute atomic E-state index is 0.0101. The van der Waals surface area contributed by atoms with Crippen LogP contribution in [0.2, 0.25) is 0 Å².